The number of nitro groups is 1. The van der Waals surface area contributed by atoms with Crippen LogP contribution in [0.1, 0.15) is 0 Å². The van der Waals surface area contributed by atoms with Crippen molar-refractivity contribution in [2.45, 2.75) is 0 Å². The lowest BCUT2D eigenvalue weighted by Crippen LogP contribution is -2.25. The van der Waals surface area contributed by atoms with Gasteiger partial charge in [0.2, 0.25) is 0 Å². The zero-order valence-corrected chi connectivity index (χ0v) is 7.34. The first-order valence-electron chi connectivity index (χ1n) is 3.87. The maximum absolute atomic E-state index is 10.8. The second-order valence-corrected chi connectivity index (χ2v) is 2.53. The molecule has 74 valence electrons. The lowest BCUT2D eigenvalue weighted by Gasteiger charge is -2.03. The smallest absolute Gasteiger partial charge is 0.356 e. The van der Waals surface area contributed by atoms with Gasteiger partial charge in [-0.15, -0.1) is 6.58 Å². The van der Waals surface area contributed by atoms with E-state index in [1.54, 1.807) is 6.08 Å². The van der Waals surface area contributed by atoms with Crippen molar-refractivity contribution in [2.24, 2.45) is 0 Å². The van der Waals surface area contributed by atoms with Crippen molar-refractivity contribution < 1.29 is 9.65 Å². The van der Waals surface area contributed by atoms with Crippen molar-refractivity contribution in [1.29, 1.82) is 0 Å². The molecule has 1 rings (SSSR count). The van der Waals surface area contributed by atoms with Gasteiger partial charge in [-0.05, 0) is 0 Å². The number of rotatable bonds is 4. The lowest BCUT2D eigenvalue weighted by molar-refractivity contribution is -0.609. The fourth-order valence-electron chi connectivity index (χ4n) is 0.944. The molecule has 0 radical (unpaired) electrons. The molecule has 0 atom stereocenters. The van der Waals surface area contributed by atoms with E-state index in [-0.39, 0.29) is 5.69 Å². The maximum atomic E-state index is 10.8. The van der Waals surface area contributed by atoms with Crippen LogP contribution in [0.5, 0.6) is 0 Å². The predicted octanol–water partition coefficient (Wildman–Crippen LogP) is 0.826. The fourth-order valence-corrected chi connectivity index (χ4v) is 0.944. The van der Waals surface area contributed by atoms with Crippen LogP contribution >= 0.6 is 0 Å². The van der Waals surface area contributed by atoms with Gasteiger partial charge in [-0.2, -0.15) is 4.73 Å². The van der Waals surface area contributed by atoms with Gasteiger partial charge in [0.15, 0.2) is 6.20 Å². The van der Waals surface area contributed by atoms with Crippen LogP contribution in [0.15, 0.2) is 31.1 Å². The molecule has 0 aliphatic carbocycles. The zero-order chi connectivity index (χ0) is 10.6. The summed E-state index contributed by atoms with van der Waals surface area (Å²) in [5, 5.41) is 24.1. The summed E-state index contributed by atoms with van der Waals surface area (Å²) in [6.07, 6.45) is 3.67. The molecule has 1 aromatic rings. The van der Waals surface area contributed by atoms with E-state index in [0.717, 1.165) is 6.20 Å². The summed E-state index contributed by atoms with van der Waals surface area (Å²) in [5.41, 5.74) is 0.0614. The van der Waals surface area contributed by atoms with Gasteiger partial charge in [0.1, 0.15) is 5.69 Å². The largest absolute Gasteiger partial charge is 0.619 e. The molecule has 0 fully saturated rings. The zero-order valence-electron chi connectivity index (χ0n) is 7.34. The third-order valence-electron chi connectivity index (χ3n) is 1.55. The van der Waals surface area contributed by atoms with E-state index in [1.807, 2.05) is 0 Å². The van der Waals surface area contributed by atoms with Crippen LogP contribution in [0.25, 0.3) is 0 Å². The Labute approximate surface area is 80.2 Å². The Balaban J connectivity index is 3.01. The molecule has 0 spiro atoms. The molecule has 6 nitrogen and oxygen atoms in total. The average Bonchev–Trinajstić information content (AvgIpc) is 2.15. The number of hydrogen-bond donors (Lipinski definition) is 1. The molecule has 1 N–H and O–H groups in total. The molecule has 1 heterocycles. The van der Waals surface area contributed by atoms with Crippen LogP contribution in [0, 0.1) is 15.3 Å². The first-order chi connectivity index (χ1) is 6.65. The van der Waals surface area contributed by atoms with E-state index in [2.05, 4.69) is 11.9 Å². The van der Waals surface area contributed by atoms with Gasteiger partial charge in [-0.3, -0.25) is 10.1 Å². The van der Waals surface area contributed by atoms with Crippen LogP contribution in [-0.4, -0.2) is 11.5 Å². The molecule has 0 unspecified atom stereocenters. The Bertz CT molecular complexity index is 365. The van der Waals surface area contributed by atoms with E-state index < -0.39 is 4.92 Å². The summed E-state index contributed by atoms with van der Waals surface area (Å²) >= 11 is 0. The minimum absolute atomic E-state index is 0.246. The Kier molecular flexibility index (Phi) is 3.01. The van der Waals surface area contributed by atoms with Crippen LogP contribution in [-0.2, 0) is 0 Å². The normalized spacial score (nSPS) is 9.43. The third kappa shape index (κ3) is 2.19. The molecular weight excluding hydrogens is 186 g/mol. The van der Waals surface area contributed by atoms with Crippen molar-refractivity contribution in [3.05, 3.63) is 46.4 Å². The second kappa shape index (κ2) is 4.22. The number of pyridine rings is 1. The van der Waals surface area contributed by atoms with E-state index >= 15 is 0 Å². The maximum Gasteiger partial charge on any atom is 0.356 e. The monoisotopic (exact) mass is 195 g/mol. The van der Waals surface area contributed by atoms with Gasteiger partial charge in [-0.1, -0.05) is 6.08 Å². The first kappa shape index (κ1) is 9.97. The minimum atomic E-state index is -0.611. The quantitative estimate of drug-likeness (QED) is 0.253. The fraction of sp³-hybridized carbons (Fsp3) is 0.125. The summed E-state index contributed by atoms with van der Waals surface area (Å²) in [7, 11) is 0. The molecular formula is C8H9N3O3. The van der Waals surface area contributed by atoms with Crippen molar-refractivity contribution in [1.82, 2.24) is 0 Å². The van der Waals surface area contributed by atoms with Crippen molar-refractivity contribution in [3.63, 3.8) is 0 Å². The van der Waals surface area contributed by atoms with Crippen LogP contribution in [0.3, 0.4) is 0 Å². The Morgan fingerprint density at radius 3 is 3.00 bits per heavy atom. The standard InChI is InChI=1S/C8H9N3O3/c1-2-4-9-7-3-5-10(12)6-8(7)11(13)14/h2-3,5-6,9H,1,4H2. The molecule has 0 saturated heterocycles. The van der Waals surface area contributed by atoms with Crippen molar-refractivity contribution in [3.8, 4) is 0 Å². The Hall–Kier alpha value is -2.11. The van der Waals surface area contributed by atoms with Gasteiger partial charge in [-0.25, -0.2) is 0 Å². The third-order valence-corrected chi connectivity index (χ3v) is 1.55. The van der Waals surface area contributed by atoms with Gasteiger partial charge < -0.3 is 10.5 Å². The highest BCUT2D eigenvalue weighted by Crippen LogP contribution is 2.20. The van der Waals surface area contributed by atoms with E-state index in [1.165, 1.54) is 12.3 Å². The van der Waals surface area contributed by atoms with E-state index in [4.69, 9.17) is 0 Å². The minimum Gasteiger partial charge on any atom is -0.619 e. The summed E-state index contributed by atoms with van der Waals surface area (Å²) in [6, 6.07) is 1.36. The molecule has 0 saturated carbocycles. The van der Waals surface area contributed by atoms with Gasteiger partial charge >= 0.3 is 5.69 Å². The number of anilines is 1. The topological polar surface area (TPSA) is 82.1 Å². The van der Waals surface area contributed by atoms with E-state index in [9.17, 15) is 15.3 Å². The van der Waals surface area contributed by atoms with Gasteiger partial charge in [0, 0.05) is 12.6 Å². The summed E-state index contributed by atoms with van der Waals surface area (Å²) in [4.78, 5) is 9.91. The highest BCUT2D eigenvalue weighted by molar-refractivity contribution is 5.58. The second-order valence-electron chi connectivity index (χ2n) is 2.53. The van der Waals surface area contributed by atoms with E-state index in [0.29, 0.717) is 17.0 Å². The number of nitrogens with one attached hydrogen (secondary N) is 1. The Morgan fingerprint density at radius 2 is 2.43 bits per heavy atom. The summed E-state index contributed by atoms with van der Waals surface area (Å²) in [6.45, 7) is 3.87. The molecule has 0 aromatic carbocycles. The number of hydrogen-bond acceptors (Lipinski definition) is 4. The molecule has 6 heteroatoms. The van der Waals surface area contributed by atoms with Crippen LogP contribution in [0.4, 0.5) is 11.4 Å². The average molecular weight is 195 g/mol. The molecule has 14 heavy (non-hydrogen) atoms. The number of aromatic nitrogens is 1. The van der Waals surface area contributed by atoms with Crippen LogP contribution < -0.4 is 10.0 Å². The van der Waals surface area contributed by atoms with Gasteiger partial charge in [0.25, 0.3) is 6.20 Å². The summed E-state index contributed by atoms with van der Waals surface area (Å²) < 4.78 is 0.386. The predicted molar refractivity (Wildman–Crippen MR) is 50.7 cm³/mol. The molecule has 1 aromatic heterocycles. The molecule has 0 aliphatic rings. The molecule has 0 bridgehead atoms. The Morgan fingerprint density at radius 1 is 1.71 bits per heavy atom. The van der Waals surface area contributed by atoms with Gasteiger partial charge in [0.05, 0.1) is 4.92 Å². The SMILES string of the molecule is C=CCNc1cc[n+]([O-])cc1[N+](=O)[O-]. The highest BCUT2D eigenvalue weighted by atomic mass is 16.6. The highest BCUT2D eigenvalue weighted by Gasteiger charge is 2.16. The van der Waals surface area contributed by atoms with Crippen LogP contribution in [0.2, 0.25) is 0 Å². The first-order valence-corrected chi connectivity index (χ1v) is 3.87. The summed E-state index contributed by atoms with van der Waals surface area (Å²) in [5.74, 6) is 0. The molecule has 0 aliphatic heterocycles. The van der Waals surface area contributed by atoms with Crippen molar-refractivity contribution in [2.75, 3.05) is 11.9 Å². The van der Waals surface area contributed by atoms with Crippen molar-refractivity contribution >= 4 is 11.4 Å². The lowest BCUT2D eigenvalue weighted by atomic mass is 10.3. The molecule has 0 amide bonds. The number of nitrogens with zero attached hydrogens (tertiary/aromatic N) is 2.